The van der Waals surface area contributed by atoms with Crippen molar-refractivity contribution >= 4 is 10.0 Å². The first-order valence-electron chi connectivity index (χ1n) is 6.56. The second kappa shape index (κ2) is 6.67. The normalized spacial score (nSPS) is 12.2. The lowest BCUT2D eigenvalue weighted by atomic mass is 10.00. The van der Waals surface area contributed by atoms with Crippen molar-refractivity contribution in [2.45, 2.75) is 32.6 Å². The topological polar surface area (TPSA) is 77.8 Å². The Labute approximate surface area is 120 Å². The maximum atomic E-state index is 12.7. The molecule has 0 fully saturated rings. The molecule has 0 unspecified atom stereocenters. The van der Waals surface area contributed by atoms with Crippen LogP contribution in [0, 0.1) is 27.7 Å². The van der Waals surface area contributed by atoms with Crippen molar-refractivity contribution in [3.05, 3.63) is 28.3 Å². The first kappa shape index (κ1) is 17.1. The van der Waals surface area contributed by atoms with Crippen molar-refractivity contribution in [2.75, 3.05) is 26.3 Å². The number of sulfonamides is 1. The molecule has 0 spiro atoms. The van der Waals surface area contributed by atoms with Crippen LogP contribution in [0.25, 0.3) is 0 Å². The average Bonchev–Trinajstić information content (AvgIpc) is 2.40. The van der Waals surface area contributed by atoms with Gasteiger partial charge >= 0.3 is 0 Å². The molecule has 0 saturated heterocycles. The minimum atomic E-state index is -3.70. The van der Waals surface area contributed by atoms with Gasteiger partial charge in [-0.25, -0.2) is 8.42 Å². The molecule has 0 amide bonds. The summed E-state index contributed by atoms with van der Waals surface area (Å²) < 4.78 is 26.4. The van der Waals surface area contributed by atoms with Crippen LogP contribution in [0.15, 0.2) is 11.0 Å². The van der Waals surface area contributed by atoms with Gasteiger partial charge < -0.3 is 10.2 Å². The number of aryl methyl sites for hydroxylation is 1. The Hall–Kier alpha value is -0.950. The Balaban J connectivity index is 3.41. The Bertz CT molecular complexity index is 575. The van der Waals surface area contributed by atoms with Crippen LogP contribution in [-0.2, 0) is 10.0 Å². The van der Waals surface area contributed by atoms with Gasteiger partial charge in [-0.1, -0.05) is 0 Å². The molecule has 1 aromatic rings. The van der Waals surface area contributed by atoms with Gasteiger partial charge in [0.05, 0.1) is 18.1 Å². The predicted octanol–water partition coefficient (Wildman–Crippen LogP) is 0.896. The largest absolute Gasteiger partial charge is 0.395 e. The highest BCUT2D eigenvalue weighted by Gasteiger charge is 2.26. The molecule has 0 aliphatic carbocycles. The molecule has 1 aromatic carbocycles. The molecule has 2 N–H and O–H groups in total. The van der Waals surface area contributed by atoms with Gasteiger partial charge in [-0.05, 0) is 56.0 Å². The van der Waals surface area contributed by atoms with E-state index >= 15 is 0 Å². The summed E-state index contributed by atoms with van der Waals surface area (Å²) >= 11 is 0. The molecule has 0 atom stereocenters. The summed E-state index contributed by atoms with van der Waals surface area (Å²) in [6, 6.07) is 1.66. The number of aliphatic hydroxyl groups excluding tert-OH is 2. The van der Waals surface area contributed by atoms with Crippen molar-refractivity contribution < 1.29 is 18.6 Å². The van der Waals surface area contributed by atoms with Crippen molar-refractivity contribution in [3.8, 4) is 0 Å². The zero-order valence-corrected chi connectivity index (χ0v) is 13.3. The standard InChI is InChI=1S/C14H23NO4S/c1-10-9-14(13(4)12(3)11(10)2)20(18,19)15(5-7-16)6-8-17/h9,16-17H,5-8H2,1-4H3. The molecule has 0 aliphatic rings. The number of aliphatic hydroxyl groups is 2. The van der Waals surface area contributed by atoms with Gasteiger partial charge in [0.15, 0.2) is 0 Å². The molecule has 0 bridgehead atoms. The summed E-state index contributed by atoms with van der Waals surface area (Å²) in [4.78, 5) is 0.250. The summed E-state index contributed by atoms with van der Waals surface area (Å²) in [6.45, 7) is 6.94. The molecule has 20 heavy (non-hydrogen) atoms. The van der Waals surface area contributed by atoms with E-state index in [1.54, 1.807) is 13.0 Å². The fraction of sp³-hybridized carbons (Fsp3) is 0.571. The van der Waals surface area contributed by atoms with Gasteiger partial charge in [-0.2, -0.15) is 4.31 Å². The summed E-state index contributed by atoms with van der Waals surface area (Å²) in [6.07, 6.45) is 0. The highest BCUT2D eigenvalue weighted by atomic mass is 32.2. The third-order valence-electron chi connectivity index (χ3n) is 3.75. The van der Waals surface area contributed by atoms with E-state index in [2.05, 4.69) is 0 Å². The zero-order valence-electron chi connectivity index (χ0n) is 12.5. The lowest BCUT2D eigenvalue weighted by molar-refractivity contribution is 0.217. The third-order valence-corrected chi connectivity index (χ3v) is 5.78. The molecular formula is C14H23NO4S. The number of nitrogens with zero attached hydrogens (tertiary/aromatic N) is 1. The second-order valence-corrected chi connectivity index (χ2v) is 6.82. The molecule has 0 aliphatic heterocycles. The highest BCUT2D eigenvalue weighted by molar-refractivity contribution is 7.89. The van der Waals surface area contributed by atoms with Gasteiger partial charge in [-0.3, -0.25) is 0 Å². The van der Waals surface area contributed by atoms with Gasteiger partial charge in [0.1, 0.15) is 0 Å². The molecular weight excluding hydrogens is 278 g/mol. The Kier molecular flexibility index (Phi) is 5.70. The van der Waals surface area contributed by atoms with E-state index in [0.29, 0.717) is 5.56 Å². The molecule has 0 heterocycles. The maximum Gasteiger partial charge on any atom is 0.243 e. The van der Waals surface area contributed by atoms with Crippen LogP contribution in [0.3, 0.4) is 0 Å². The monoisotopic (exact) mass is 301 g/mol. The Morgan fingerprint density at radius 3 is 1.90 bits per heavy atom. The smallest absolute Gasteiger partial charge is 0.243 e. The number of hydrogen-bond acceptors (Lipinski definition) is 4. The van der Waals surface area contributed by atoms with Gasteiger partial charge in [-0.15, -0.1) is 0 Å². The van der Waals surface area contributed by atoms with Crippen LogP contribution in [0.1, 0.15) is 22.3 Å². The van der Waals surface area contributed by atoms with Crippen LogP contribution in [0.4, 0.5) is 0 Å². The molecule has 0 radical (unpaired) electrons. The van der Waals surface area contributed by atoms with E-state index in [0.717, 1.165) is 21.0 Å². The number of rotatable bonds is 6. The molecule has 0 aromatic heterocycles. The van der Waals surface area contributed by atoms with Crippen LogP contribution in [0.5, 0.6) is 0 Å². The first-order chi connectivity index (χ1) is 9.27. The van der Waals surface area contributed by atoms with Crippen LogP contribution < -0.4 is 0 Å². The Morgan fingerprint density at radius 1 is 0.950 bits per heavy atom. The van der Waals surface area contributed by atoms with E-state index < -0.39 is 10.0 Å². The van der Waals surface area contributed by atoms with E-state index in [1.165, 1.54) is 0 Å². The van der Waals surface area contributed by atoms with E-state index in [-0.39, 0.29) is 31.2 Å². The molecule has 5 nitrogen and oxygen atoms in total. The van der Waals surface area contributed by atoms with E-state index in [4.69, 9.17) is 10.2 Å². The zero-order chi connectivity index (χ0) is 15.5. The maximum absolute atomic E-state index is 12.7. The summed E-state index contributed by atoms with van der Waals surface area (Å²) in [5.41, 5.74) is 3.67. The molecule has 1 rings (SSSR count). The lowest BCUT2D eigenvalue weighted by Crippen LogP contribution is -2.36. The first-order valence-corrected chi connectivity index (χ1v) is 8.00. The van der Waals surface area contributed by atoms with E-state index in [1.807, 2.05) is 20.8 Å². The minimum Gasteiger partial charge on any atom is -0.395 e. The van der Waals surface area contributed by atoms with Gasteiger partial charge in [0, 0.05) is 13.1 Å². The van der Waals surface area contributed by atoms with Crippen LogP contribution >= 0.6 is 0 Å². The number of benzene rings is 1. The number of hydrogen-bond donors (Lipinski definition) is 2. The minimum absolute atomic E-state index is 0.0195. The molecule has 0 saturated carbocycles. The quantitative estimate of drug-likeness (QED) is 0.818. The summed E-state index contributed by atoms with van der Waals surface area (Å²) in [5, 5.41) is 18.0. The fourth-order valence-electron chi connectivity index (χ4n) is 2.16. The lowest BCUT2D eigenvalue weighted by Gasteiger charge is -2.23. The van der Waals surface area contributed by atoms with Crippen molar-refractivity contribution in [1.29, 1.82) is 0 Å². The van der Waals surface area contributed by atoms with Crippen molar-refractivity contribution in [1.82, 2.24) is 4.31 Å². The Morgan fingerprint density at radius 2 is 1.45 bits per heavy atom. The molecule has 6 heteroatoms. The molecule has 114 valence electrons. The van der Waals surface area contributed by atoms with Crippen LogP contribution in [0.2, 0.25) is 0 Å². The van der Waals surface area contributed by atoms with E-state index in [9.17, 15) is 8.42 Å². The van der Waals surface area contributed by atoms with Crippen molar-refractivity contribution in [3.63, 3.8) is 0 Å². The SMILES string of the molecule is Cc1cc(S(=O)(=O)N(CCO)CCO)c(C)c(C)c1C. The third kappa shape index (κ3) is 3.20. The average molecular weight is 301 g/mol. The predicted molar refractivity (Wildman–Crippen MR) is 78.3 cm³/mol. The van der Waals surface area contributed by atoms with Gasteiger partial charge in [0.25, 0.3) is 0 Å². The fourth-order valence-corrected chi connectivity index (χ4v) is 3.95. The highest BCUT2D eigenvalue weighted by Crippen LogP contribution is 2.27. The van der Waals surface area contributed by atoms with Gasteiger partial charge in [0.2, 0.25) is 10.0 Å². The summed E-state index contributed by atoms with van der Waals surface area (Å²) in [7, 11) is -3.70. The van der Waals surface area contributed by atoms with Crippen LogP contribution in [-0.4, -0.2) is 49.2 Å². The second-order valence-electron chi connectivity index (χ2n) is 4.92. The van der Waals surface area contributed by atoms with Crippen molar-refractivity contribution in [2.24, 2.45) is 0 Å². The summed E-state index contributed by atoms with van der Waals surface area (Å²) in [5.74, 6) is 0.